The summed E-state index contributed by atoms with van der Waals surface area (Å²) in [5, 5.41) is 10.2. The van der Waals surface area contributed by atoms with E-state index in [2.05, 4.69) is 9.46 Å². The van der Waals surface area contributed by atoms with Crippen LogP contribution >= 0.6 is 0 Å². The number of hydrogen-bond acceptors (Lipinski definition) is 5. The smallest absolute Gasteiger partial charge is 0.432 e. The molecule has 1 aromatic heterocycles. The second-order valence-electron chi connectivity index (χ2n) is 5.69. The van der Waals surface area contributed by atoms with E-state index in [0.717, 1.165) is 12.5 Å². The Hall–Kier alpha value is -2.27. The number of fused-ring (bicyclic) bond motifs is 1. The van der Waals surface area contributed by atoms with Crippen LogP contribution in [0.2, 0.25) is 0 Å². The number of rotatable bonds is 5. The van der Waals surface area contributed by atoms with Gasteiger partial charge in [-0.1, -0.05) is 6.07 Å². The molecule has 0 fully saturated rings. The van der Waals surface area contributed by atoms with E-state index in [9.17, 15) is 31.5 Å². The van der Waals surface area contributed by atoms with Crippen molar-refractivity contribution >= 4 is 32.6 Å². The first-order valence-corrected chi connectivity index (χ1v) is 9.24. The van der Waals surface area contributed by atoms with E-state index >= 15 is 0 Å². The third-order valence-corrected chi connectivity index (χ3v) is 4.27. The minimum Gasteiger partial charge on any atom is -0.463 e. The van der Waals surface area contributed by atoms with Crippen LogP contribution in [0.5, 0.6) is 0 Å². The SMILES string of the molecule is CCOC(=O)C(O)(c1cn(C)c2cc(NS(C)(=O)=O)ccc12)C(F)(F)F. The molecule has 0 aliphatic heterocycles. The molecule has 0 saturated carbocycles. The van der Waals surface area contributed by atoms with Gasteiger partial charge in [0.25, 0.3) is 5.60 Å². The van der Waals surface area contributed by atoms with Crippen LogP contribution in [0.25, 0.3) is 10.9 Å². The van der Waals surface area contributed by atoms with Gasteiger partial charge in [0.2, 0.25) is 10.0 Å². The number of carbonyl (C=O) groups is 1. The highest BCUT2D eigenvalue weighted by molar-refractivity contribution is 7.92. The van der Waals surface area contributed by atoms with Crippen LogP contribution < -0.4 is 4.72 Å². The quantitative estimate of drug-likeness (QED) is 0.755. The summed E-state index contributed by atoms with van der Waals surface area (Å²) in [5.74, 6) is -1.83. The van der Waals surface area contributed by atoms with Gasteiger partial charge in [0.15, 0.2) is 0 Å². The van der Waals surface area contributed by atoms with Gasteiger partial charge in [0.05, 0.1) is 24.1 Å². The lowest BCUT2D eigenvalue weighted by atomic mass is 9.92. The maximum absolute atomic E-state index is 13.6. The van der Waals surface area contributed by atoms with Gasteiger partial charge in [0, 0.05) is 24.2 Å². The fourth-order valence-corrected chi connectivity index (χ4v) is 3.12. The van der Waals surface area contributed by atoms with Crippen molar-refractivity contribution in [3.05, 3.63) is 30.0 Å². The summed E-state index contributed by atoms with van der Waals surface area (Å²) in [4.78, 5) is 11.9. The Labute approximate surface area is 147 Å². The Kier molecular flexibility index (Phi) is 4.99. The van der Waals surface area contributed by atoms with Crippen LogP contribution in [-0.4, -0.2) is 43.1 Å². The fraction of sp³-hybridized carbons (Fsp3) is 0.400. The molecule has 144 valence electrons. The zero-order chi connectivity index (χ0) is 19.9. The largest absolute Gasteiger partial charge is 0.463 e. The number of benzene rings is 1. The van der Waals surface area contributed by atoms with Gasteiger partial charge < -0.3 is 14.4 Å². The molecule has 7 nitrogen and oxygen atoms in total. The molecule has 0 amide bonds. The Balaban J connectivity index is 2.70. The van der Waals surface area contributed by atoms with Crippen molar-refractivity contribution in [3.63, 3.8) is 0 Å². The number of esters is 1. The molecule has 0 radical (unpaired) electrons. The number of hydrogen-bond donors (Lipinski definition) is 2. The monoisotopic (exact) mass is 394 g/mol. The first-order chi connectivity index (χ1) is 11.8. The third-order valence-electron chi connectivity index (χ3n) is 3.66. The number of sulfonamides is 1. The van der Waals surface area contributed by atoms with Gasteiger partial charge in [-0.05, 0) is 19.1 Å². The minimum absolute atomic E-state index is 0.0700. The van der Waals surface area contributed by atoms with Crippen molar-refractivity contribution in [3.8, 4) is 0 Å². The molecule has 0 aliphatic carbocycles. The van der Waals surface area contributed by atoms with E-state index in [1.165, 1.54) is 36.7 Å². The number of alkyl halides is 3. The summed E-state index contributed by atoms with van der Waals surface area (Å²) in [5.41, 5.74) is -4.25. The number of aryl methyl sites for hydroxylation is 1. The van der Waals surface area contributed by atoms with Crippen LogP contribution in [-0.2, 0) is 32.2 Å². The summed E-state index contributed by atoms with van der Waals surface area (Å²) in [6.45, 7) is 0.978. The molecule has 0 aliphatic rings. The van der Waals surface area contributed by atoms with E-state index in [1.54, 1.807) is 0 Å². The van der Waals surface area contributed by atoms with Gasteiger partial charge in [-0.3, -0.25) is 4.72 Å². The molecule has 26 heavy (non-hydrogen) atoms. The van der Waals surface area contributed by atoms with Crippen LogP contribution in [0.1, 0.15) is 12.5 Å². The third kappa shape index (κ3) is 3.49. The molecule has 1 heterocycles. The van der Waals surface area contributed by atoms with Crippen LogP contribution in [0.4, 0.5) is 18.9 Å². The van der Waals surface area contributed by atoms with Crippen LogP contribution in [0.15, 0.2) is 24.4 Å². The van der Waals surface area contributed by atoms with Crippen LogP contribution in [0.3, 0.4) is 0 Å². The predicted octanol–water partition coefficient (Wildman–Crippen LogP) is 1.86. The number of anilines is 1. The van der Waals surface area contributed by atoms with Gasteiger partial charge >= 0.3 is 12.1 Å². The van der Waals surface area contributed by atoms with Crippen LogP contribution in [0, 0.1) is 0 Å². The van der Waals surface area contributed by atoms with Gasteiger partial charge in [-0.25, -0.2) is 13.2 Å². The summed E-state index contributed by atoms with van der Waals surface area (Å²) in [7, 11) is -2.19. The molecule has 0 saturated heterocycles. The number of nitrogens with zero attached hydrogens (tertiary/aromatic N) is 1. The molecular formula is C15H17F3N2O5S. The van der Waals surface area contributed by atoms with Gasteiger partial charge in [0.1, 0.15) is 0 Å². The second-order valence-corrected chi connectivity index (χ2v) is 7.44. The molecule has 2 N–H and O–H groups in total. The molecule has 1 atom stereocenters. The molecule has 2 rings (SSSR count). The van der Waals surface area contributed by atoms with E-state index in [4.69, 9.17) is 0 Å². The Morgan fingerprint density at radius 2 is 1.96 bits per heavy atom. The number of carbonyl (C=O) groups excluding carboxylic acids is 1. The number of ether oxygens (including phenoxy) is 1. The fourth-order valence-electron chi connectivity index (χ4n) is 2.56. The number of aromatic nitrogens is 1. The maximum atomic E-state index is 13.6. The zero-order valence-corrected chi connectivity index (χ0v) is 14.9. The van der Waals surface area contributed by atoms with Gasteiger partial charge in [-0.15, -0.1) is 0 Å². The van der Waals surface area contributed by atoms with E-state index in [0.29, 0.717) is 0 Å². The normalized spacial score (nSPS) is 14.9. The molecule has 2 aromatic rings. The molecule has 1 aromatic carbocycles. The lowest BCUT2D eigenvalue weighted by molar-refractivity contribution is -0.267. The number of aliphatic hydroxyl groups is 1. The average Bonchev–Trinajstić information content (AvgIpc) is 2.81. The van der Waals surface area contributed by atoms with Crippen molar-refractivity contribution in [2.45, 2.75) is 18.7 Å². The molecule has 0 bridgehead atoms. The van der Waals surface area contributed by atoms with Crippen molar-refractivity contribution in [1.29, 1.82) is 0 Å². The van der Waals surface area contributed by atoms with Crippen molar-refractivity contribution in [2.75, 3.05) is 17.6 Å². The van der Waals surface area contributed by atoms with E-state index in [-0.39, 0.29) is 23.2 Å². The van der Waals surface area contributed by atoms with Crippen molar-refractivity contribution in [2.24, 2.45) is 7.05 Å². The summed E-state index contributed by atoms with van der Waals surface area (Å²) < 4.78 is 71.1. The highest BCUT2D eigenvalue weighted by atomic mass is 32.2. The Morgan fingerprint density at radius 1 is 1.35 bits per heavy atom. The maximum Gasteiger partial charge on any atom is 0.432 e. The average molecular weight is 394 g/mol. The number of nitrogens with one attached hydrogen (secondary N) is 1. The summed E-state index contributed by atoms with van der Waals surface area (Å²) >= 11 is 0. The lowest BCUT2D eigenvalue weighted by Crippen LogP contribution is -2.50. The highest BCUT2D eigenvalue weighted by Crippen LogP contribution is 2.43. The topological polar surface area (TPSA) is 97.6 Å². The molecule has 0 spiro atoms. The standard InChI is InChI=1S/C15H17F3N2O5S/c1-4-25-13(21)14(22,15(16,17)18)11-8-20(2)12-7-9(5-6-10(11)12)19-26(3,23)24/h5-8,19,22H,4H2,1-3H3. The van der Waals surface area contributed by atoms with Crippen molar-refractivity contribution < 1.29 is 36.2 Å². The van der Waals surface area contributed by atoms with E-state index in [1.807, 2.05) is 0 Å². The van der Waals surface area contributed by atoms with E-state index < -0.39 is 33.3 Å². The number of halogens is 3. The first-order valence-electron chi connectivity index (χ1n) is 7.35. The minimum atomic E-state index is -5.32. The Morgan fingerprint density at radius 3 is 2.46 bits per heavy atom. The predicted molar refractivity (Wildman–Crippen MR) is 88.0 cm³/mol. The highest BCUT2D eigenvalue weighted by Gasteiger charge is 2.63. The summed E-state index contributed by atoms with van der Waals surface area (Å²) in [6.07, 6.45) is -3.44. The Bertz CT molecular complexity index is 952. The lowest BCUT2D eigenvalue weighted by Gasteiger charge is -2.27. The molecule has 1 unspecified atom stereocenters. The molecule has 11 heteroatoms. The van der Waals surface area contributed by atoms with Crippen molar-refractivity contribution in [1.82, 2.24) is 4.57 Å². The molecular weight excluding hydrogens is 377 g/mol. The zero-order valence-electron chi connectivity index (χ0n) is 14.1. The summed E-state index contributed by atoms with van der Waals surface area (Å²) in [6, 6.07) is 3.71. The second kappa shape index (κ2) is 6.47. The van der Waals surface area contributed by atoms with Gasteiger partial charge in [-0.2, -0.15) is 13.2 Å². The first kappa shape index (κ1) is 20.0.